The van der Waals surface area contributed by atoms with Gasteiger partial charge in [0.15, 0.2) is 0 Å². The van der Waals surface area contributed by atoms with Crippen molar-refractivity contribution in [1.29, 1.82) is 0 Å². The first kappa shape index (κ1) is 13.4. The fourth-order valence-corrected chi connectivity index (χ4v) is 1.32. The molecule has 0 bridgehead atoms. The molecule has 0 heterocycles. The quantitative estimate of drug-likeness (QED) is 0.643. The second kappa shape index (κ2) is 4.33. The van der Waals surface area contributed by atoms with Crippen LogP contribution >= 0.6 is 0 Å². The van der Waals surface area contributed by atoms with Gasteiger partial charge in [-0.1, -0.05) is 18.2 Å². The molecule has 1 aromatic carbocycles. The van der Waals surface area contributed by atoms with E-state index < -0.39 is 29.1 Å². The van der Waals surface area contributed by atoms with Crippen LogP contribution in [0.3, 0.4) is 0 Å². The van der Waals surface area contributed by atoms with Gasteiger partial charge in [0.25, 0.3) is 0 Å². The van der Waals surface area contributed by atoms with E-state index in [2.05, 4.69) is 4.74 Å². The fourth-order valence-electron chi connectivity index (χ4n) is 1.32. The molecule has 2 N–H and O–H groups in total. The first-order chi connectivity index (χ1) is 7.75. The standard InChI is InChI=1S/C10H9F4NO2/c1-17-8(16)9(15,10(12,13)14)6-4-2-3-5-7(6)11/h2-5H,15H2,1H3. The zero-order valence-electron chi connectivity index (χ0n) is 8.72. The number of hydrogen-bond acceptors (Lipinski definition) is 3. The number of nitrogens with two attached hydrogens (primary N) is 1. The topological polar surface area (TPSA) is 52.3 Å². The van der Waals surface area contributed by atoms with E-state index in [1.807, 2.05) is 0 Å². The number of carbonyl (C=O) groups is 1. The molecule has 7 heteroatoms. The van der Waals surface area contributed by atoms with E-state index in [0.717, 1.165) is 25.3 Å². The highest BCUT2D eigenvalue weighted by Gasteiger charge is 2.61. The molecular formula is C10H9F4NO2. The van der Waals surface area contributed by atoms with Crippen molar-refractivity contribution in [3.05, 3.63) is 35.6 Å². The Morgan fingerprint density at radius 3 is 2.24 bits per heavy atom. The Morgan fingerprint density at radius 2 is 1.82 bits per heavy atom. The Balaban J connectivity index is 3.46. The molecule has 1 unspecified atom stereocenters. The van der Waals surface area contributed by atoms with Crippen LogP contribution in [0.4, 0.5) is 17.6 Å². The van der Waals surface area contributed by atoms with E-state index in [9.17, 15) is 22.4 Å². The van der Waals surface area contributed by atoms with E-state index in [-0.39, 0.29) is 0 Å². The van der Waals surface area contributed by atoms with Crippen LogP contribution in [0.5, 0.6) is 0 Å². The van der Waals surface area contributed by atoms with E-state index in [0.29, 0.717) is 0 Å². The maximum Gasteiger partial charge on any atom is 0.421 e. The molecule has 94 valence electrons. The monoisotopic (exact) mass is 251 g/mol. The zero-order valence-corrected chi connectivity index (χ0v) is 8.72. The van der Waals surface area contributed by atoms with Crippen LogP contribution in [0, 0.1) is 5.82 Å². The molecule has 1 rings (SSSR count). The van der Waals surface area contributed by atoms with Gasteiger partial charge in [0.2, 0.25) is 5.54 Å². The van der Waals surface area contributed by atoms with Gasteiger partial charge in [-0.25, -0.2) is 9.18 Å². The Kier molecular flexibility index (Phi) is 3.42. The largest absolute Gasteiger partial charge is 0.467 e. The van der Waals surface area contributed by atoms with Crippen LogP contribution in [0.1, 0.15) is 5.56 Å². The summed E-state index contributed by atoms with van der Waals surface area (Å²) in [5, 5.41) is 0. The van der Waals surface area contributed by atoms with Crippen LogP contribution in [0.25, 0.3) is 0 Å². The van der Waals surface area contributed by atoms with E-state index in [1.54, 1.807) is 0 Å². The maximum absolute atomic E-state index is 13.3. The van der Waals surface area contributed by atoms with Crippen molar-refractivity contribution in [2.24, 2.45) is 5.73 Å². The Morgan fingerprint density at radius 1 is 1.29 bits per heavy atom. The molecular weight excluding hydrogens is 242 g/mol. The van der Waals surface area contributed by atoms with Crippen molar-refractivity contribution >= 4 is 5.97 Å². The minimum absolute atomic E-state index is 0.747. The lowest BCUT2D eigenvalue weighted by molar-refractivity contribution is -0.207. The van der Waals surface area contributed by atoms with E-state index >= 15 is 0 Å². The van der Waals surface area contributed by atoms with Gasteiger partial charge in [0, 0.05) is 5.56 Å². The molecule has 0 aromatic heterocycles. The highest BCUT2D eigenvalue weighted by molar-refractivity contribution is 5.83. The first-order valence-electron chi connectivity index (χ1n) is 4.44. The SMILES string of the molecule is COC(=O)C(N)(c1ccccc1F)C(F)(F)F. The average Bonchev–Trinajstić information content (AvgIpc) is 2.26. The van der Waals surface area contributed by atoms with E-state index in [4.69, 9.17) is 5.73 Å². The van der Waals surface area contributed by atoms with Crippen molar-refractivity contribution in [3.8, 4) is 0 Å². The molecule has 0 saturated heterocycles. The minimum atomic E-state index is -5.16. The molecule has 17 heavy (non-hydrogen) atoms. The molecule has 0 radical (unpaired) electrons. The zero-order chi connectivity index (χ0) is 13.3. The molecule has 0 amide bonds. The molecule has 1 atom stereocenters. The molecule has 1 aromatic rings. The molecule has 3 nitrogen and oxygen atoms in total. The molecule has 0 aliphatic carbocycles. The summed E-state index contributed by atoms with van der Waals surface area (Å²) in [5.41, 5.74) is 0.532. The van der Waals surface area contributed by atoms with Crippen molar-refractivity contribution < 1.29 is 27.1 Å². The predicted molar refractivity (Wildman–Crippen MR) is 50.3 cm³/mol. The molecule has 0 spiro atoms. The number of ether oxygens (including phenoxy) is 1. The summed E-state index contributed by atoms with van der Waals surface area (Å²) in [4.78, 5) is 11.2. The lowest BCUT2D eigenvalue weighted by Gasteiger charge is -2.29. The number of rotatable bonds is 2. The summed E-state index contributed by atoms with van der Waals surface area (Å²) >= 11 is 0. The van der Waals surface area contributed by atoms with Crippen molar-refractivity contribution in [2.45, 2.75) is 11.7 Å². The highest BCUT2D eigenvalue weighted by atomic mass is 19.4. The third kappa shape index (κ3) is 2.10. The normalized spacial score (nSPS) is 15.2. The first-order valence-corrected chi connectivity index (χ1v) is 4.44. The summed E-state index contributed by atoms with van der Waals surface area (Å²) in [6.07, 6.45) is -5.16. The van der Waals surface area contributed by atoms with Crippen LogP contribution in [0.2, 0.25) is 0 Å². The van der Waals surface area contributed by atoms with Crippen molar-refractivity contribution in [2.75, 3.05) is 7.11 Å². The number of benzene rings is 1. The van der Waals surface area contributed by atoms with Gasteiger partial charge >= 0.3 is 12.1 Å². The lowest BCUT2D eigenvalue weighted by atomic mass is 9.90. The van der Waals surface area contributed by atoms with Gasteiger partial charge in [-0.3, -0.25) is 0 Å². The van der Waals surface area contributed by atoms with Gasteiger partial charge in [0.05, 0.1) is 7.11 Å². The second-order valence-electron chi connectivity index (χ2n) is 3.28. The number of alkyl halides is 3. The van der Waals surface area contributed by atoms with Gasteiger partial charge in [-0.05, 0) is 6.07 Å². The number of halogens is 4. The third-order valence-electron chi connectivity index (χ3n) is 2.25. The number of hydrogen-bond donors (Lipinski definition) is 1. The van der Waals surface area contributed by atoms with Gasteiger partial charge in [0.1, 0.15) is 5.82 Å². The third-order valence-corrected chi connectivity index (χ3v) is 2.25. The summed E-state index contributed by atoms with van der Waals surface area (Å²) in [5.74, 6) is -2.99. The fraction of sp³-hybridized carbons (Fsp3) is 0.300. The highest BCUT2D eigenvalue weighted by Crippen LogP contribution is 2.38. The molecule has 0 aliphatic heterocycles. The summed E-state index contributed by atoms with van der Waals surface area (Å²) in [6, 6.07) is 3.91. The summed E-state index contributed by atoms with van der Waals surface area (Å²) in [7, 11) is 0.747. The van der Waals surface area contributed by atoms with Crippen LogP contribution < -0.4 is 5.73 Å². The Hall–Kier alpha value is -1.63. The Bertz CT molecular complexity index is 433. The van der Waals surface area contributed by atoms with Crippen LogP contribution in [0.15, 0.2) is 24.3 Å². The number of esters is 1. The number of carbonyl (C=O) groups excluding carboxylic acids is 1. The maximum atomic E-state index is 13.3. The van der Waals surface area contributed by atoms with Crippen molar-refractivity contribution in [3.63, 3.8) is 0 Å². The van der Waals surface area contributed by atoms with Gasteiger partial charge < -0.3 is 10.5 Å². The van der Waals surface area contributed by atoms with Gasteiger partial charge in [-0.15, -0.1) is 0 Å². The summed E-state index contributed by atoms with van der Waals surface area (Å²) in [6.45, 7) is 0. The second-order valence-corrected chi connectivity index (χ2v) is 3.28. The van der Waals surface area contributed by atoms with Gasteiger partial charge in [-0.2, -0.15) is 13.2 Å². The Labute approximate surface area is 94.2 Å². The van der Waals surface area contributed by atoms with Crippen molar-refractivity contribution in [1.82, 2.24) is 0 Å². The number of methoxy groups -OCH3 is 1. The smallest absolute Gasteiger partial charge is 0.421 e. The minimum Gasteiger partial charge on any atom is -0.467 e. The summed E-state index contributed by atoms with van der Waals surface area (Å²) < 4.78 is 55.8. The van der Waals surface area contributed by atoms with Crippen LogP contribution in [-0.4, -0.2) is 19.3 Å². The van der Waals surface area contributed by atoms with E-state index in [1.165, 1.54) is 6.07 Å². The van der Waals surface area contributed by atoms with Crippen LogP contribution in [-0.2, 0) is 15.1 Å². The lowest BCUT2D eigenvalue weighted by Crippen LogP contribution is -2.57. The molecule has 0 saturated carbocycles. The molecule has 0 aliphatic rings. The predicted octanol–water partition coefficient (Wildman–Crippen LogP) is 1.71. The average molecular weight is 251 g/mol. The molecule has 0 fully saturated rings.